The van der Waals surface area contributed by atoms with Crippen LogP contribution in [0.3, 0.4) is 0 Å². The van der Waals surface area contributed by atoms with Crippen molar-refractivity contribution in [2.45, 2.75) is 14.8 Å². The summed E-state index contributed by atoms with van der Waals surface area (Å²) in [5.41, 5.74) is 0. The summed E-state index contributed by atoms with van der Waals surface area (Å²) in [5, 5.41) is 0. The third kappa shape index (κ3) is 30.2. The Morgan fingerprint density at radius 1 is 1.00 bits per heavy atom. The van der Waals surface area contributed by atoms with Gasteiger partial charge >= 0.3 is 34.6 Å². The molecule has 0 atom stereocenters. The fraction of sp³-hybridized carbons (Fsp3) is 1.00. The summed E-state index contributed by atoms with van der Waals surface area (Å²) in [7, 11) is 0. The molecular weight excluding hydrogens is 339 g/mol. The van der Waals surface area contributed by atoms with Crippen molar-refractivity contribution >= 4 is 19.8 Å². The molecule has 0 aliphatic carbocycles. The minimum absolute atomic E-state index is 0. The van der Waals surface area contributed by atoms with Crippen LogP contribution in [0.15, 0.2) is 0 Å². The topological polar surface area (TPSA) is 0 Å². The Morgan fingerprint density at radius 2 is 1.00 bits per heavy atom. The summed E-state index contributed by atoms with van der Waals surface area (Å²) < 4.78 is 0. The summed E-state index contributed by atoms with van der Waals surface area (Å²) in [6.45, 7) is 0. The number of hydrogen-bond donors (Lipinski definition) is 0. The maximum atomic E-state index is 2.36. The van der Waals surface area contributed by atoms with E-state index < -0.39 is 19.8 Å². The zero-order valence-electron chi connectivity index (χ0n) is 3.91. The van der Waals surface area contributed by atoms with Crippen LogP contribution in [-0.4, -0.2) is 19.8 Å². The molecule has 0 nitrogen and oxygen atoms in total. The Labute approximate surface area is 55.3 Å². The first-order valence-electron chi connectivity index (χ1n) is 1.50. The van der Waals surface area contributed by atoms with Crippen LogP contribution in [0.1, 0.15) is 0 Å². The van der Waals surface area contributed by atoms with E-state index in [0.717, 1.165) is 0 Å². The van der Waals surface area contributed by atoms with Gasteiger partial charge in [0.25, 0.3) is 0 Å². The minimum atomic E-state index is -0.543. The molecule has 0 bridgehead atoms. The molecule has 0 heterocycles. The van der Waals surface area contributed by atoms with E-state index in [4.69, 9.17) is 0 Å². The molecule has 5 heavy (non-hydrogen) atoms. The average Bonchev–Trinajstić information content (AvgIpc) is 0.811. The number of rotatable bonds is 0. The molecule has 0 aliphatic rings. The standard InChI is InChI=1S/3CH3.Sn.W/h3*1H3;;. The first kappa shape index (κ1) is 9.70. The van der Waals surface area contributed by atoms with E-state index in [1.54, 1.807) is 0 Å². The molecule has 2 heteroatoms. The summed E-state index contributed by atoms with van der Waals surface area (Å²) in [5.74, 6) is 0. The molecular formula is C3H9SnW. The molecule has 0 rings (SSSR count). The maximum Gasteiger partial charge on any atom is 0 e. The largest absolute Gasteiger partial charge is 0 e. The van der Waals surface area contributed by atoms with Gasteiger partial charge in [-0.3, -0.25) is 0 Å². The third-order valence-electron chi connectivity index (χ3n) is 0. The van der Waals surface area contributed by atoms with Crippen molar-refractivity contribution in [3.63, 3.8) is 0 Å². The van der Waals surface area contributed by atoms with Crippen molar-refractivity contribution in [2.24, 2.45) is 0 Å². The fourth-order valence-corrected chi connectivity index (χ4v) is 0. The van der Waals surface area contributed by atoms with Gasteiger partial charge in [0.2, 0.25) is 0 Å². The van der Waals surface area contributed by atoms with Crippen molar-refractivity contribution in [2.75, 3.05) is 0 Å². The quantitative estimate of drug-likeness (QED) is 0.581. The third-order valence-corrected chi connectivity index (χ3v) is 0. The molecule has 1 radical (unpaired) electrons. The Hall–Kier alpha value is 1.49. The molecule has 0 N–H and O–H groups in total. The predicted molar refractivity (Wildman–Crippen MR) is 23.3 cm³/mol. The van der Waals surface area contributed by atoms with E-state index in [-0.39, 0.29) is 21.1 Å². The summed E-state index contributed by atoms with van der Waals surface area (Å²) in [6.07, 6.45) is 0. The van der Waals surface area contributed by atoms with E-state index in [0.29, 0.717) is 0 Å². The van der Waals surface area contributed by atoms with Crippen LogP contribution >= 0.6 is 0 Å². The van der Waals surface area contributed by atoms with Gasteiger partial charge in [0.05, 0.1) is 0 Å². The Morgan fingerprint density at radius 3 is 1.00 bits per heavy atom. The maximum absolute atomic E-state index is 2.36. The molecule has 0 aliphatic heterocycles. The predicted octanol–water partition coefficient (Wildman–Crippen LogP) is 1.37. The summed E-state index contributed by atoms with van der Waals surface area (Å²) >= 11 is -0.543. The van der Waals surface area contributed by atoms with Gasteiger partial charge in [0.15, 0.2) is 0 Å². The van der Waals surface area contributed by atoms with E-state index in [1.807, 2.05) is 0 Å². The Bertz CT molecular complexity index is 11.6. The van der Waals surface area contributed by atoms with E-state index in [2.05, 4.69) is 14.8 Å². The zero-order chi connectivity index (χ0) is 3.58. The van der Waals surface area contributed by atoms with Gasteiger partial charge < -0.3 is 0 Å². The smallest absolute Gasteiger partial charge is 0 e. The summed E-state index contributed by atoms with van der Waals surface area (Å²) in [4.78, 5) is 7.09. The zero-order valence-corrected chi connectivity index (χ0v) is 9.70. The van der Waals surface area contributed by atoms with Crippen LogP contribution in [0, 0.1) is 0 Å². The van der Waals surface area contributed by atoms with Crippen LogP contribution < -0.4 is 0 Å². The summed E-state index contributed by atoms with van der Waals surface area (Å²) in [6, 6.07) is 0. The Kier molecular flexibility index (Phi) is 10.6. The molecule has 0 aromatic heterocycles. The van der Waals surface area contributed by atoms with Gasteiger partial charge in [-0.05, 0) is 0 Å². The normalized spacial score (nSPS) is 7.20. The van der Waals surface area contributed by atoms with E-state index >= 15 is 0 Å². The van der Waals surface area contributed by atoms with Crippen molar-refractivity contribution in [3.05, 3.63) is 0 Å². The number of hydrogen-bond acceptors (Lipinski definition) is 0. The van der Waals surface area contributed by atoms with Gasteiger partial charge in [-0.15, -0.1) is 0 Å². The second-order valence-corrected chi connectivity index (χ2v) is 10.1. The molecule has 0 fully saturated rings. The minimum Gasteiger partial charge on any atom is 0 e. The molecule has 0 aromatic carbocycles. The van der Waals surface area contributed by atoms with Crippen molar-refractivity contribution < 1.29 is 21.1 Å². The Balaban J connectivity index is 0. The molecule has 0 aromatic rings. The molecule has 0 saturated heterocycles. The van der Waals surface area contributed by atoms with E-state index in [9.17, 15) is 0 Å². The van der Waals surface area contributed by atoms with Crippen LogP contribution in [0.25, 0.3) is 0 Å². The average molecular weight is 348 g/mol. The van der Waals surface area contributed by atoms with E-state index in [1.165, 1.54) is 0 Å². The second kappa shape index (κ2) is 5.49. The van der Waals surface area contributed by atoms with Gasteiger partial charge in [0, 0.05) is 21.1 Å². The van der Waals surface area contributed by atoms with Gasteiger partial charge in [0.1, 0.15) is 0 Å². The first-order valence-corrected chi connectivity index (χ1v) is 10.1. The van der Waals surface area contributed by atoms with Crippen molar-refractivity contribution in [1.29, 1.82) is 0 Å². The monoisotopic (exact) mass is 349 g/mol. The molecule has 0 saturated carbocycles. The SMILES string of the molecule is [CH3][Sn]([CH3])[CH3].[W]. The molecule has 0 amide bonds. The van der Waals surface area contributed by atoms with Crippen LogP contribution in [0.5, 0.6) is 0 Å². The van der Waals surface area contributed by atoms with Gasteiger partial charge in [-0.1, -0.05) is 0 Å². The van der Waals surface area contributed by atoms with Crippen LogP contribution in [-0.2, 0) is 21.1 Å². The molecule has 0 spiro atoms. The van der Waals surface area contributed by atoms with Crippen LogP contribution in [0.2, 0.25) is 14.8 Å². The molecule has 0 unspecified atom stereocenters. The van der Waals surface area contributed by atoms with Crippen molar-refractivity contribution in [3.8, 4) is 0 Å². The van der Waals surface area contributed by atoms with Gasteiger partial charge in [-0.2, -0.15) is 0 Å². The second-order valence-electron chi connectivity index (χ2n) is 1.50. The van der Waals surface area contributed by atoms with Crippen LogP contribution in [0.4, 0.5) is 0 Å². The fourth-order valence-electron chi connectivity index (χ4n) is 0. The first-order chi connectivity index (χ1) is 1.73. The molecule has 31 valence electrons. The van der Waals surface area contributed by atoms with Gasteiger partial charge in [-0.25, -0.2) is 0 Å². The van der Waals surface area contributed by atoms with Crippen molar-refractivity contribution in [1.82, 2.24) is 0 Å².